The third-order valence-corrected chi connectivity index (χ3v) is 6.23. The van der Waals surface area contributed by atoms with Gasteiger partial charge in [0, 0.05) is 55.5 Å². The van der Waals surface area contributed by atoms with Crippen LogP contribution in [0.15, 0.2) is 48.5 Å². The summed E-state index contributed by atoms with van der Waals surface area (Å²) in [5.74, 6) is -0.354. The van der Waals surface area contributed by atoms with Crippen molar-refractivity contribution in [2.24, 2.45) is 5.92 Å². The Kier molecular flexibility index (Phi) is 8.57. The summed E-state index contributed by atoms with van der Waals surface area (Å²) < 4.78 is 10.9. The van der Waals surface area contributed by atoms with Crippen LogP contribution in [0.1, 0.15) is 6.42 Å². The molecule has 0 unspecified atom stereocenters. The zero-order chi connectivity index (χ0) is 24.6. The summed E-state index contributed by atoms with van der Waals surface area (Å²) in [5.41, 5.74) is 1.32. The molecule has 2 N–H and O–H groups in total. The number of rotatable bonds is 9. The number of carbonyl (C=O) groups excluding carboxylic acids is 3. The van der Waals surface area contributed by atoms with Crippen molar-refractivity contribution < 1.29 is 23.9 Å². The molecule has 2 aliphatic rings. The number of nitrogens with one attached hydrogen (secondary N) is 2. The van der Waals surface area contributed by atoms with Gasteiger partial charge >= 0.3 is 0 Å². The lowest BCUT2D eigenvalue weighted by Crippen LogP contribution is -2.42. The maximum atomic E-state index is 12.6. The summed E-state index contributed by atoms with van der Waals surface area (Å²) in [6, 6.07) is 13.7. The summed E-state index contributed by atoms with van der Waals surface area (Å²) in [5, 5.41) is 6.27. The number of morpholine rings is 1. The van der Waals surface area contributed by atoms with Gasteiger partial charge in [-0.15, -0.1) is 0 Å². The van der Waals surface area contributed by atoms with Gasteiger partial charge in [-0.2, -0.15) is 0 Å². The van der Waals surface area contributed by atoms with Crippen molar-refractivity contribution in [1.29, 1.82) is 0 Å². The van der Waals surface area contributed by atoms with Crippen LogP contribution in [0, 0.1) is 5.92 Å². The van der Waals surface area contributed by atoms with E-state index in [0.29, 0.717) is 35.2 Å². The first-order valence-corrected chi connectivity index (χ1v) is 12.0. The Morgan fingerprint density at radius 3 is 2.49 bits per heavy atom. The monoisotopic (exact) mass is 500 g/mol. The second-order valence-corrected chi connectivity index (χ2v) is 8.92. The molecule has 2 saturated heterocycles. The van der Waals surface area contributed by atoms with Gasteiger partial charge in [0.05, 0.1) is 19.1 Å². The fourth-order valence-corrected chi connectivity index (χ4v) is 4.17. The van der Waals surface area contributed by atoms with E-state index in [0.717, 1.165) is 32.8 Å². The molecular formula is C25H29ClN4O5. The molecule has 2 aliphatic heterocycles. The maximum Gasteiger partial charge on any atom is 0.262 e. The number of carbonyl (C=O) groups is 3. The molecule has 2 aromatic rings. The van der Waals surface area contributed by atoms with Crippen LogP contribution in [-0.2, 0) is 19.1 Å². The van der Waals surface area contributed by atoms with Gasteiger partial charge in [0.2, 0.25) is 11.8 Å². The van der Waals surface area contributed by atoms with E-state index in [-0.39, 0.29) is 36.7 Å². The first-order valence-electron chi connectivity index (χ1n) is 11.6. The standard InChI is InChI=1S/C25H29ClN4O5/c26-19-1-3-20(4-2-19)28-23(31)17-35-22-7-5-21(6-8-22)30-16-18(15-24(30)32)25(33)27-9-10-29-11-13-34-14-12-29/h1-8,18H,9-17H2,(H,27,33)(H,28,31)/t18-/m0/s1. The lowest BCUT2D eigenvalue weighted by atomic mass is 10.1. The van der Waals surface area contributed by atoms with E-state index in [1.165, 1.54) is 0 Å². The highest BCUT2D eigenvalue weighted by molar-refractivity contribution is 6.30. The molecule has 0 bridgehead atoms. The molecule has 9 nitrogen and oxygen atoms in total. The summed E-state index contributed by atoms with van der Waals surface area (Å²) in [7, 11) is 0. The third-order valence-electron chi connectivity index (χ3n) is 5.97. The molecule has 35 heavy (non-hydrogen) atoms. The van der Waals surface area contributed by atoms with Gasteiger partial charge in [0.15, 0.2) is 6.61 Å². The number of hydrogen-bond acceptors (Lipinski definition) is 6. The zero-order valence-corrected chi connectivity index (χ0v) is 20.1. The average molecular weight is 501 g/mol. The number of ether oxygens (including phenoxy) is 2. The molecule has 10 heteroatoms. The summed E-state index contributed by atoms with van der Waals surface area (Å²) in [6.07, 6.45) is 0.187. The average Bonchev–Trinajstić information content (AvgIpc) is 3.27. The van der Waals surface area contributed by atoms with Gasteiger partial charge in [-0.3, -0.25) is 19.3 Å². The number of benzene rings is 2. The van der Waals surface area contributed by atoms with Gasteiger partial charge < -0.3 is 25.0 Å². The molecule has 2 aromatic carbocycles. The predicted octanol–water partition coefficient (Wildman–Crippen LogP) is 2.16. The number of nitrogens with zero attached hydrogens (tertiary/aromatic N) is 2. The van der Waals surface area contributed by atoms with Crippen molar-refractivity contribution in [3.05, 3.63) is 53.6 Å². The first-order chi connectivity index (χ1) is 17.0. The highest BCUT2D eigenvalue weighted by atomic mass is 35.5. The van der Waals surface area contributed by atoms with Gasteiger partial charge in [-0.1, -0.05) is 11.6 Å². The van der Waals surface area contributed by atoms with Crippen LogP contribution >= 0.6 is 11.6 Å². The quantitative estimate of drug-likeness (QED) is 0.547. The minimum Gasteiger partial charge on any atom is -0.484 e. The molecule has 2 fully saturated rings. The Hall–Kier alpha value is -3.14. The Balaban J connectivity index is 1.21. The van der Waals surface area contributed by atoms with Crippen molar-refractivity contribution in [3.63, 3.8) is 0 Å². The van der Waals surface area contributed by atoms with Crippen molar-refractivity contribution in [2.45, 2.75) is 6.42 Å². The molecule has 0 radical (unpaired) electrons. The number of anilines is 2. The van der Waals surface area contributed by atoms with E-state index in [9.17, 15) is 14.4 Å². The summed E-state index contributed by atoms with van der Waals surface area (Å²) in [4.78, 5) is 41.1. The second kappa shape index (κ2) is 12.0. The van der Waals surface area contributed by atoms with Crippen molar-refractivity contribution in [2.75, 3.05) is 62.8 Å². The summed E-state index contributed by atoms with van der Waals surface area (Å²) >= 11 is 5.84. The molecule has 3 amide bonds. The smallest absolute Gasteiger partial charge is 0.262 e. The van der Waals surface area contributed by atoms with E-state index < -0.39 is 0 Å². The Bertz CT molecular complexity index is 1030. The Morgan fingerprint density at radius 1 is 1.06 bits per heavy atom. The molecule has 4 rings (SSSR count). The van der Waals surface area contributed by atoms with E-state index in [4.69, 9.17) is 21.1 Å². The molecule has 0 aromatic heterocycles. The maximum absolute atomic E-state index is 12.6. The van der Waals surface area contributed by atoms with E-state index in [2.05, 4.69) is 15.5 Å². The van der Waals surface area contributed by atoms with Crippen LogP contribution in [0.5, 0.6) is 5.75 Å². The summed E-state index contributed by atoms with van der Waals surface area (Å²) in [6.45, 7) is 4.71. The van der Waals surface area contributed by atoms with Crippen LogP contribution < -0.4 is 20.3 Å². The van der Waals surface area contributed by atoms with Crippen LogP contribution in [-0.4, -0.2) is 75.2 Å². The van der Waals surface area contributed by atoms with Gasteiger partial charge in [-0.25, -0.2) is 0 Å². The third kappa shape index (κ3) is 7.17. The van der Waals surface area contributed by atoms with Crippen molar-refractivity contribution >= 4 is 40.7 Å². The topological polar surface area (TPSA) is 100 Å². The Labute approximate surface area is 209 Å². The van der Waals surface area contributed by atoms with Crippen LogP contribution in [0.2, 0.25) is 5.02 Å². The van der Waals surface area contributed by atoms with E-state index >= 15 is 0 Å². The van der Waals surface area contributed by atoms with Crippen LogP contribution in [0.3, 0.4) is 0 Å². The minimum atomic E-state index is -0.375. The normalized spacial score (nSPS) is 18.4. The molecule has 0 aliphatic carbocycles. The number of hydrogen-bond donors (Lipinski definition) is 2. The number of halogens is 1. The van der Waals surface area contributed by atoms with Gasteiger partial charge in [0.1, 0.15) is 5.75 Å². The molecule has 2 heterocycles. The molecule has 0 saturated carbocycles. The molecule has 186 valence electrons. The van der Waals surface area contributed by atoms with E-state index in [1.807, 2.05) is 0 Å². The largest absolute Gasteiger partial charge is 0.484 e. The minimum absolute atomic E-state index is 0.0886. The van der Waals surface area contributed by atoms with E-state index in [1.54, 1.807) is 53.4 Å². The lowest BCUT2D eigenvalue weighted by molar-refractivity contribution is -0.126. The van der Waals surface area contributed by atoms with Gasteiger partial charge in [-0.05, 0) is 48.5 Å². The highest BCUT2D eigenvalue weighted by Crippen LogP contribution is 2.27. The molecule has 0 spiro atoms. The number of amides is 3. The second-order valence-electron chi connectivity index (χ2n) is 8.49. The lowest BCUT2D eigenvalue weighted by Gasteiger charge is -2.26. The fourth-order valence-electron chi connectivity index (χ4n) is 4.04. The first kappa shape index (κ1) is 25.0. The SMILES string of the molecule is O=C(COc1ccc(N2C[C@@H](C(=O)NCCN3CCOCC3)CC2=O)cc1)Nc1ccc(Cl)cc1. The van der Waals surface area contributed by atoms with Gasteiger partial charge in [0.25, 0.3) is 5.91 Å². The molecular weight excluding hydrogens is 472 g/mol. The zero-order valence-electron chi connectivity index (χ0n) is 19.4. The fraction of sp³-hybridized carbons (Fsp3) is 0.400. The molecule has 1 atom stereocenters. The highest BCUT2D eigenvalue weighted by Gasteiger charge is 2.35. The van der Waals surface area contributed by atoms with Crippen LogP contribution in [0.25, 0.3) is 0 Å². The Morgan fingerprint density at radius 2 is 1.77 bits per heavy atom. The van der Waals surface area contributed by atoms with Crippen molar-refractivity contribution in [3.8, 4) is 5.75 Å². The predicted molar refractivity (Wildman–Crippen MR) is 133 cm³/mol. The van der Waals surface area contributed by atoms with Crippen LogP contribution in [0.4, 0.5) is 11.4 Å². The van der Waals surface area contributed by atoms with Crippen molar-refractivity contribution in [1.82, 2.24) is 10.2 Å².